The van der Waals surface area contributed by atoms with Crippen LogP contribution in [0.15, 0.2) is 0 Å². The zero-order chi connectivity index (χ0) is 16.2. The molecule has 1 amide bonds. The Hall–Kier alpha value is -1.62. The highest BCUT2D eigenvalue weighted by Crippen LogP contribution is 2.39. The van der Waals surface area contributed by atoms with Gasteiger partial charge in [-0.2, -0.15) is 0 Å². The molecule has 2 heterocycles. The van der Waals surface area contributed by atoms with Crippen molar-refractivity contribution in [3.63, 3.8) is 0 Å². The van der Waals surface area contributed by atoms with Gasteiger partial charge in [-0.05, 0) is 26.3 Å². The van der Waals surface area contributed by atoms with Crippen LogP contribution in [0.4, 0.5) is 0 Å². The van der Waals surface area contributed by atoms with E-state index in [9.17, 15) is 14.7 Å². The Morgan fingerprint density at radius 2 is 1.76 bits per heavy atom. The first-order valence-electron chi connectivity index (χ1n) is 7.20. The molecule has 0 saturated carbocycles. The quantitative estimate of drug-likeness (QED) is 0.820. The second kappa shape index (κ2) is 4.70. The van der Waals surface area contributed by atoms with E-state index in [0.717, 1.165) is 0 Å². The first kappa shape index (κ1) is 15.8. The first-order valence-corrected chi connectivity index (χ1v) is 7.20. The molecule has 1 aromatic rings. The summed E-state index contributed by atoms with van der Waals surface area (Å²) in [6.45, 7) is 11.5. The van der Waals surface area contributed by atoms with Crippen molar-refractivity contribution < 1.29 is 14.7 Å². The molecule has 116 valence electrons. The van der Waals surface area contributed by atoms with Gasteiger partial charge in [0.15, 0.2) is 5.78 Å². The number of β-amino-alcohol motifs (C(OH)–C–C–N with tert-alkyl or cyclic N) is 1. The standard InChI is InChI=1S/C16H24N2O3/c1-9-12(10(2)17-13(9)11(3)19)14(20)18-7-15(4,5)16(6,21)8-18/h17,21H,7-8H2,1-6H3/t16-/m0/s1. The van der Waals surface area contributed by atoms with Crippen LogP contribution < -0.4 is 0 Å². The molecule has 5 nitrogen and oxygen atoms in total. The van der Waals surface area contributed by atoms with Gasteiger partial charge in [-0.3, -0.25) is 9.59 Å². The topological polar surface area (TPSA) is 73.4 Å². The van der Waals surface area contributed by atoms with E-state index < -0.39 is 5.60 Å². The number of H-pyrrole nitrogens is 1. The lowest BCUT2D eigenvalue weighted by Crippen LogP contribution is -2.40. The number of nitrogens with zero attached hydrogens (tertiary/aromatic N) is 1. The number of amides is 1. The molecule has 0 aromatic carbocycles. The highest BCUT2D eigenvalue weighted by molar-refractivity contribution is 6.02. The molecule has 5 heteroatoms. The minimum atomic E-state index is -0.913. The second-order valence-corrected chi connectivity index (χ2v) is 7.00. The number of aliphatic hydroxyl groups is 1. The van der Waals surface area contributed by atoms with E-state index in [1.807, 2.05) is 13.8 Å². The summed E-state index contributed by atoms with van der Waals surface area (Å²) in [6, 6.07) is 0. The van der Waals surface area contributed by atoms with Gasteiger partial charge in [0.25, 0.3) is 5.91 Å². The van der Waals surface area contributed by atoms with Crippen LogP contribution >= 0.6 is 0 Å². The molecule has 1 aliphatic rings. The number of carbonyl (C=O) groups is 2. The molecule has 1 aromatic heterocycles. The van der Waals surface area contributed by atoms with E-state index in [0.29, 0.717) is 35.6 Å². The zero-order valence-electron chi connectivity index (χ0n) is 13.6. The van der Waals surface area contributed by atoms with Gasteiger partial charge >= 0.3 is 0 Å². The Bertz CT molecular complexity index is 595. The molecule has 2 rings (SSSR count). The van der Waals surface area contributed by atoms with Crippen molar-refractivity contribution in [2.75, 3.05) is 13.1 Å². The summed E-state index contributed by atoms with van der Waals surface area (Å²) in [6.07, 6.45) is 0. The number of ketones is 1. The maximum atomic E-state index is 12.8. The molecule has 0 bridgehead atoms. The Kier molecular flexibility index (Phi) is 3.53. The fourth-order valence-corrected chi connectivity index (χ4v) is 3.01. The number of rotatable bonds is 2. The summed E-state index contributed by atoms with van der Waals surface area (Å²) in [7, 11) is 0. The molecule has 21 heavy (non-hydrogen) atoms. The van der Waals surface area contributed by atoms with E-state index in [1.165, 1.54) is 6.92 Å². The van der Waals surface area contributed by atoms with Gasteiger partial charge in [-0.25, -0.2) is 0 Å². The van der Waals surface area contributed by atoms with Crippen molar-refractivity contribution in [3.05, 3.63) is 22.5 Å². The SMILES string of the molecule is CC(=O)c1[nH]c(C)c(C(=O)N2CC(C)(C)[C@@](C)(O)C2)c1C. The fraction of sp³-hybridized carbons (Fsp3) is 0.625. The number of likely N-dealkylation sites (tertiary alicyclic amines) is 1. The Morgan fingerprint density at radius 3 is 2.14 bits per heavy atom. The molecule has 0 spiro atoms. The van der Waals surface area contributed by atoms with E-state index in [1.54, 1.807) is 25.7 Å². The summed E-state index contributed by atoms with van der Waals surface area (Å²) in [4.78, 5) is 29.0. The third kappa shape index (κ3) is 2.39. The van der Waals surface area contributed by atoms with Crippen LogP contribution in [0, 0.1) is 19.3 Å². The van der Waals surface area contributed by atoms with E-state index in [-0.39, 0.29) is 17.1 Å². The van der Waals surface area contributed by atoms with Crippen LogP contribution in [0.1, 0.15) is 59.8 Å². The molecular weight excluding hydrogens is 268 g/mol. The number of hydrogen-bond acceptors (Lipinski definition) is 3. The summed E-state index contributed by atoms with van der Waals surface area (Å²) in [5, 5.41) is 10.5. The summed E-state index contributed by atoms with van der Waals surface area (Å²) in [5.74, 6) is -0.206. The van der Waals surface area contributed by atoms with Crippen molar-refractivity contribution in [2.45, 2.75) is 47.1 Å². The molecule has 0 unspecified atom stereocenters. The highest BCUT2D eigenvalue weighted by atomic mass is 16.3. The van der Waals surface area contributed by atoms with Crippen molar-refractivity contribution in [3.8, 4) is 0 Å². The van der Waals surface area contributed by atoms with Gasteiger partial charge in [0.2, 0.25) is 0 Å². The van der Waals surface area contributed by atoms with Crippen LogP contribution in [0.5, 0.6) is 0 Å². The monoisotopic (exact) mass is 292 g/mol. The normalized spacial score (nSPS) is 24.4. The lowest BCUT2D eigenvalue weighted by atomic mass is 9.79. The van der Waals surface area contributed by atoms with E-state index in [4.69, 9.17) is 0 Å². The van der Waals surface area contributed by atoms with Gasteiger partial charge in [0.05, 0.1) is 23.4 Å². The fourth-order valence-electron chi connectivity index (χ4n) is 3.01. The van der Waals surface area contributed by atoms with Crippen LogP contribution in [0.3, 0.4) is 0 Å². The van der Waals surface area contributed by atoms with Gasteiger partial charge < -0.3 is 15.0 Å². The Labute approximate surface area is 125 Å². The largest absolute Gasteiger partial charge is 0.388 e. The van der Waals surface area contributed by atoms with Crippen LogP contribution in [-0.4, -0.2) is 45.4 Å². The zero-order valence-corrected chi connectivity index (χ0v) is 13.6. The van der Waals surface area contributed by atoms with Crippen molar-refractivity contribution >= 4 is 11.7 Å². The molecular formula is C16H24N2O3. The average Bonchev–Trinajstić information content (AvgIpc) is 2.73. The van der Waals surface area contributed by atoms with Crippen LogP contribution in [-0.2, 0) is 0 Å². The predicted molar refractivity (Wildman–Crippen MR) is 80.6 cm³/mol. The van der Waals surface area contributed by atoms with Crippen LogP contribution in [0.2, 0.25) is 0 Å². The van der Waals surface area contributed by atoms with Crippen LogP contribution in [0.25, 0.3) is 0 Å². The predicted octanol–water partition coefficient (Wildman–Crippen LogP) is 2.07. The Morgan fingerprint density at radius 1 is 1.19 bits per heavy atom. The summed E-state index contributed by atoms with van der Waals surface area (Å²) >= 11 is 0. The summed E-state index contributed by atoms with van der Waals surface area (Å²) < 4.78 is 0. The molecule has 1 aliphatic heterocycles. The first-order chi connectivity index (χ1) is 9.48. The minimum Gasteiger partial charge on any atom is -0.388 e. The Balaban J connectivity index is 2.37. The number of aromatic nitrogens is 1. The van der Waals surface area contributed by atoms with Crippen molar-refractivity contribution in [2.24, 2.45) is 5.41 Å². The lowest BCUT2D eigenvalue weighted by molar-refractivity contribution is -0.0108. The number of carbonyl (C=O) groups excluding carboxylic acids is 2. The number of hydrogen-bond donors (Lipinski definition) is 2. The number of nitrogens with one attached hydrogen (secondary N) is 1. The number of Topliss-reactive ketones (excluding diaryl/α,β-unsaturated/α-hetero) is 1. The maximum absolute atomic E-state index is 12.8. The van der Waals surface area contributed by atoms with Gasteiger partial charge in [-0.1, -0.05) is 13.8 Å². The van der Waals surface area contributed by atoms with Gasteiger partial charge in [0, 0.05) is 24.6 Å². The van der Waals surface area contributed by atoms with Gasteiger partial charge in [-0.15, -0.1) is 0 Å². The molecule has 0 radical (unpaired) electrons. The summed E-state index contributed by atoms with van der Waals surface area (Å²) in [5.41, 5.74) is 1.16. The molecule has 0 aliphatic carbocycles. The minimum absolute atomic E-state index is 0.0802. The third-order valence-electron chi connectivity index (χ3n) is 4.83. The molecule has 2 N–H and O–H groups in total. The molecule has 1 fully saturated rings. The smallest absolute Gasteiger partial charge is 0.256 e. The number of aromatic amines is 1. The van der Waals surface area contributed by atoms with E-state index in [2.05, 4.69) is 4.98 Å². The van der Waals surface area contributed by atoms with Crippen molar-refractivity contribution in [1.82, 2.24) is 9.88 Å². The third-order valence-corrected chi connectivity index (χ3v) is 4.83. The highest BCUT2D eigenvalue weighted by Gasteiger charge is 2.49. The van der Waals surface area contributed by atoms with Gasteiger partial charge in [0.1, 0.15) is 0 Å². The van der Waals surface area contributed by atoms with Crippen molar-refractivity contribution in [1.29, 1.82) is 0 Å². The molecule has 1 saturated heterocycles. The molecule has 1 atom stereocenters. The average molecular weight is 292 g/mol. The van der Waals surface area contributed by atoms with E-state index >= 15 is 0 Å². The maximum Gasteiger partial charge on any atom is 0.256 e. The second-order valence-electron chi connectivity index (χ2n) is 7.00. The number of aryl methyl sites for hydroxylation is 1. The lowest BCUT2D eigenvalue weighted by Gasteiger charge is -2.30.